The third kappa shape index (κ3) is 4.33. The van der Waals surface area contributed by atoms with Crippen molar-refractivity contribution in [1.82, 2.24) is 5.32 Å². The molecule has 6 nitrogen and oxygen atoms in total. The first-order valence-electron chi connectivity index (χ1n) is 8.49. The monoisotopic (exact) mass is 355 g/mol. The average Bonchev–Trinajstić information content (AvgIpc) is 2.92. The molecule has 26 heavy (non-hydrogen) atoms. The van der Waals surface area contributed by atoms with Gasteiger partial charge in [0.2, 0.25) is 0 Å². The van der Waals surface area contributed by atoms with Crippen LogP contribution >= 0.6 is 0 Å². The van der Waals surface area contributed by atoms with E-state index in [0.29, 0.717) is 36.7 Å². The molecule has 2 aromatic carbocycles. The number of hydrogen-bond acceptors (Lipinski definition) is 5. The standard InChI is InChI=1S/C20H21NO5/c1-24-20(23)16(12-14-6-3-2-4-7-14)21-19(22)15-8-9-17-18(13-15)26-11-5-10-25-17/h2-4,6-9,13,16H,5,10-12H2,1H3,(H,21,22)/t16-/m0/s1. The Bertz CT molecular complexity index is 775. The fourth-order valence-corrected chi connectivity index (χ4v) is 2.73. The summed E-state index contributed by atoms with van der Waals surface area (Å²) in [6.45, 7) is 1.12. The maximum absolute atomic E-state index is 12.6. The van der Waals surface area contributed by atoms with Crippen molar-refractivity contribution < 1.29 is 23.8 Å². The molecule has 0 saturated carbocycles. The Kier molecular flexibility index (Phi) is 5.73. The third-order valence-electron chi connectivity index (χ3n) is 4.08. The molecule has 0 unspecified atom stereocenters. The topological polar surface area (TPSA) is 73.9 Å². The molecular formula is C20H21NO5. The van der Waals surface area contributed by atoms with Crippen molar-refractivity contribution in [1.29, 1.82) is 0 Å². The molecule has 1 amide bonds. The van der Waals surface area contributed by atoms with E-state index < -0.39 is 12.0 Å². The normalized spacial score (nSPS) is 14.0. The molecule has 1 heterocycles. The first-order chi connectivity index (χ1) is 12.7. The Morgan fingerprint density at radius 3 is 2.54 bits per heavy atom. The van der Waals surface area contributed by atoms with Crippen LogP contribution in [0, 0.1) is 0 Å². The fraction of sp³-hybridized carbons (Fsp3) is 0.300. The number of amides is 1. The summed E-state index contributed by atoms with van der Waals surface area (Å²) < 4.78 is 16.0. The maximum Gasteiger partial charge on any atom is 0.328 e. The minimum atomic E-state index is -0.772. The SMILES string of the molecule is COC(=O)[C@H](Cc1ccccc1)NC(=O)c1ccc2c(c1)OCCCO2. The number of nitrogens with one attached hydrogen (secondary N) is 1. The molecule has 0 aliphatic carbocycles. The van der Waals surface area contributed by atoms with Crippen LogP contribution in [0.5, 0.6) is 11.5 Å². The van der Waals surface area contributed by atoms with Crippen molar-refractivity contribution in [3.05, 3.63) is 59.7 Å². The molecule has 0 aromatic heterocycles. The molecule has 1 aliphatic rings. The Balaban J connectivity index is 1.75. The number of carbonyl (C=O) groups is 2. The second kappa shape index (κ2) is 8.38. The molecular weight excluding hydrogens is 334 g/mol. The number of hydrogen-bond donors (Lipinski definition) is 1. The van der Waals surface area contributed by atoms with Crippen molar-refractivity contribution >= 4 is 11.9 Å². The number of rotatable bonds is 5. The summed E-state index contributed by atoms with van der Waals surface area (Å²) in [5.41, 5.74) is 1.33. The van der Waals surface area contributed by atoms with Gasteiger partial charge in [0, 0.05) is 18.4 Å². The van der Waals surface area contributed by atoms with E-state index in [1.165, 1.54) is 7.11 Å². The summed E-state index contributed by atoms with van der Waals surface area (Å²) in [6.07, 6.45) is 1.14. The summed E-state index contributed by atoms with van der Waals surface area (Å²) >= 11 is 0. The zero-order chi connectivity index (χ0) is 18.4. The second-order valence-electron chi connectivity index (χ2n) is 5.95. The molecule has 0 bridgehead atoms. The lowest BCUT2D eigenvalue weighted by atomic mass is 10.1. The molecule has 3 rings (SSSR count). The zero-order valence-electron chi connectivity index (χ0n) is 14.6. The molecule has 2 aromatic rings. The average molecular weight is 355 g/mol. The minimum absolute atomic E-state index is 0.351. The van der Waals surface area contributed by atoms with Crippen LogP contribution in [0.25, 0.3) is 0 Å². The molecule has 1 N–H and O–H groups in total. The molecule has 1 aliphatic heterocycles. The Hall–Kier alpha value is -3.02. The third-order valence-corrected chi connectivity index (χ3v) is 4.08. The predicted octanol–water partition coefficient (Wildman–Crippen LogP) is 2.36. The van der Waals surface area contributed by atoms with Crippen LogP contribution in [-0.4, -0.2) is 38.2 Å². The van der Waals surface area contributed by atoms with Crippen molar-refractivity contribution in [3.63, 3.8) is 0 Å². The van der Waals surface area contributed by atoms with Crippen molar-refractivity contribution in [2.24, 2.45) is 0 Å². The van der Waals surface area contributed by atoms with Crippen LogP contribution in [0.3, 0.4) is 0 Å². The van der Waals surface area contributed by atoms with Gasteiger partial charge in [-0.25, -0.2) is 4.79 Å². The van der Waals surface area contributed by atoms with Gasteiger partial charge in [0.05, 0.1) is 20.3 Å². The largest absolute Gasteiger partial charge is 0.490 e. The summed E-state index contributed by atoms with van der Waals surface area (Å²) in [4.78, 5) is 24.7. The smallest absolute Gasteiger partial charge is 0.328 e. The predicted molar refractivity (Wildman–Crippen MR) is 95.5 cm³/mol. The van der Waals surface area contributed by atoms with E-state index in [9.17, 15) is 9.59 Å². The highest BCUT2D eigenvalue weighted by Gasteiger charge is 2.23. The van der Waals surface area contributed by atoms with E-state index in [1.807, 2.05) is 30.3 Å². The van der Waals surface area contributed by atoms with E-state index in [0.717, 1.165) is 12.0 Å². The van der Waals surface area contributed by atoms with Crippen LogP contribution in [0.15, 0.2) is 48.5 Å². The number of ether oxygens (including phenoxy) is 3. The highest BCUT2D eigenvalue weighted by Crippen LogP contribution is 2.30. The van der Waals surface area contributed by atoms with Crippen molar-refractivity contribution in [2.75, 3.05) is 20.3 Å². The summed E-state index contributed by atoms with van der Waals surface area (Å²) in [7, 11) is 1.31. The first-order valence-corrected chi connectivity index (χ1v) is 8.49. The van der Waals surface area contributed by atoms with Crippen molar-refractivity contribution in [2.45, 2.75) is 18.9 Å². The van der Waals surface area contributed by atoms with Crippen LogP contribution in [0.2, 0.25) is 0 Å². The lowest BCUT2D eigenvalue weighted by molar-refractivity contribution is -0.142. The molecule has 1 atom stereocenters. The van der Waals surface area contributed by atoms with Gasteiger partial charge in [-0.1, -0.05) is 30.3 Å². The van der Waals surface area contributed by atoms with Crippen LogP contribution in [-0.2, 0) is 16.0 Å². The molecule has 6 heteroatoms. The lowest BCUT2D eigenvalue weighted by Crippen LogP contribution is -2.43. The van der Waals surface area contributed by atoms with Crippen LogP contribution in [0.1, 0.15) is 22.3 Å². The van der Waals surface area contributed by atoms with Gasteiger partial charge in [-0.2, -0.15) is 0 Å². The number of esters is 1. The quantitative estimate of drug-likeness (QED) is 0.834. The van der Waals surface area contributed by atoms with E-state index in [-0.39, 0.29) is 5.91 Å². The van der Waals surface area contributed by atoms with Crippen LogP contribution in [0.4, 0.5) is 0 Å². The zero-order valence-corrected chi connectivity index (χ0v) is 14.6. The Morgan fingerprint density at radius 1 is 1.08 bits per heavy atom. The number of carbonyl (C=O) groups excluding carboxylic acids is 2. The molecule has 136 valence electrons. The van der Waals surface area contributed by atoms with Gasteiger partial charge in [0.15, 0.2) is 11.5 Å². The number of methoxy groups -OCH3 is 1. The summed E-state index contributed by atoms with van der Waals surface area (Å²) in [6, 6.07) is 13.7. The van der Waals surface area contributed by atoms with E-state index in [4.69, 9.17) is 14.2 Å². The van der Waals surface area contributed by atoms with Gasteiger partial charge in [-0.15, -0.1) is 0 Å². The highest BCUT2D eigenvalue weighted by atomic mass is 16.5. The Labute approximate surface area is 152 Å². The number of fused-ring (bicyclic) bond motifs is 1. The van der Waals surface area contributed by atoms with E-state index in [2.05, 4.69) is 5.32 Å². The fourth-order valence-electron chi connectivity index (χ4n) is 2.73. The second-order valence-corrected chi connectivity index (χ2v) is 5.95. The van der Waals surface area contributed by atoms with E-state index in [1.54, 1.807) is 18.2 Å². The summed E-state index contributed by atoms with van der Waals surface area (Å²) in [5.74, 6) is 0.296. The van der Waals surface area contributed by atoms with Gasteiger partial charge in [-0.05, 0) is 23.8 Å². The maximum atomic E-state index is 12.6. The van der Waals surface area contributed by atoms with E-state index >= 15 is 0 Å². The van der Waals surface area contributed by atoms with Gasteiger partial charge < -0.3 is 19.5 Å². The van der Waals surface area contributed by atoms with Gasteiger partial charge in [0.25, 0.3) is 5.91 Å². The summed E-state index contributed by atoms with van der Waals surface area (Å²) in [5, 5.41) is 2.75. The lowest BCUT2D eigenvalue weighted by Gasteiger charge is -2.17. The highest BCUT2D eigenvalue weighted by molar-refractivity contribution is 5.97. The Morgan fingerprint density at radius 2 is 1.81 bits per heavy atom. The molecule has 0 radical (unpaired) electrons. The van der Waals surface area contributed by atoms with Crippen molar-refractivity contribution in [3.8, 4) is 11.5 Å². The first kappa shape index (κ1) is 17.8. The van der Waals surface area contributed by atoms with Crippen LogP contribution < -0.4 is 14.8 Å². The molecule has 0 fully saturated rings. The van der Waals surface area contributed by atoms with Gasteiger partial charge in [-0.3, -0.25) is 4.79 Å². The van der Waals surface area contributed by atoms with Gasteiger partial charge in [0.1, 0.15) is 6.04 Å². The minimum Gasteiger partial charge on any atom is -0.490 e. The molecule has 0 saturated heterocycles. The number of benzene rings is 2. The van der Waals surface area contributed by atoms with Gasteiger partial charge >= 0.3 is 5.97 Å². The molecule has 0 spiro atoms.